The minimum Gasteiger partial charge on any atom is -0.481 e. The summed E-state index contributed by atoms with van der Waals surface area (Å²) >= 11 is 0. The molecule has 0 spiro atoms. The van der Waals surface area contributed by atoms with E-state index in [4.69, 9.17) is 24.6 Å². The number of hydrogen-bond acceptors (Lipinski definition) is 4. The van der Waals surface area contributed by atoms with Crippen LogP contribution in [0.1, 0.15) is 66.2 Å². The zero-order chi connectivity index (χ0) is 16.5. The predicted octanol–water partition coefficient (Wildman–Crippen LogP) is 3.98. The van der Waals surface area contributed by atoms with Gasteiger partial charge in [-0.2, -0.15) is 5.26 Å². The van der Waals surface area contributed by atoms with Crippen LogP contribution in [0.2, 0.25) is 0 Å². The van der Waals surface area contributed by atoms with E-state index in [0.29, 0.717) is 6.42 Å². The second-order valence-corrected chi connectivity index (χ2v) is 4.87. The Hall–Kier alpha value is -1.12. The highest BCUT2D eigenvalue weighted by atomic mass is 16.7. The van der Waals surface area contributed by atoms with Gasteiger partial charge in [0.25, 0.3) is 5.97 Å². The van der Waals surface area contributed by atoms with E-state index >= 15 is 0 Å². The molecule has 1 unspecified atom stereocenters. The lowest BCUT2D eigenvalue weighted by molar-refractivity contribution is -0.151. The number of rotatable bonds is 11. The number of ether oxygens (including phenoxy) is 2. The predicted molar refractivity (Wildman–Crippen MR) is 82.8 cm³/mol. The van der Waals surface area contributed by atoms with Crippen molar-refractivity contribution in [2.24, 2.45) is 5.92 Å². The number of nitriles is 1. The Balaban J connectivity index is 0. The highest BCUT2D eigenvalue weighted by molar-refractivity contribution is 5.62. The molecule has 0 amide bonds. The summed E-state index contributed by atoms with van der Waals surface area (Å²) in [5, 5.41) is 16.4. The molecule has 0 aliphatic rings. The van der Waals surface area contributed by atoms with Crippen LogP contribution in [0.15, 0.2) is 0 Å². The van der Waals surface area contributed by atoms with E-state index in [1.165, 1.54) is 0 Å². The molecule has 0 heterocycles. The fraction of sp³-hybridized carbons (Fsp3) is 0.875. The molecule has 5 nitrogen and oxygen atoms in total. The van der Waals surface area contributed by atoms with Gasteiger partial charge in [-0.15, -0.1) is 0 Å². The number of aliphatic carboxylic acids is 1. The molecule has 1 atom stereocenters. The van der Waals surface area contributed by atoms with Gasteiger partial charge < -0.3 is 14.6 Å². The standard InChI is InChI=1S/C14H27NO2.C2H4O2/c1-4-7-9-16-14(17-10-8-5-2)11-13(6-3)12-15;1-2(3)4/h13-14H,4-11H2,1-3H3;1H3,(H,3,4). The monoisotopic (exact) mass is 301 g/mol. The van der Waals surface area contributed by atoms with Crippen LogP contribution in [0.3, 0.4) is 0 Å². The minimum atomic E-state index is -0.833. The highest BCUT2D eigenvalue weighted by Gasteiger charge is 2.15. The summed E-state index contributed by atoms with van der Waals surface area (Å²) in [4.78, 5) is 9.00. The Morgan fingerprint density at radius 2 is 1.57 bits per heavy atom. The number of nitrogens with zero attached hydrogens (tertiary/aromatic N) is 1. The van der Waals surface area contributed by atoms with Crippen molar-refractivity contribution in [3.63, 3.8) is 0 Å². The molecule has 0 aromatic heterocycles. The number of hydrogen-bond donors (Lipinski definition) is 1. The van der Waals surface area contributed by atoms with Crippen LogP contribution in [-0.4, -0.2) is 30.6 Å². The van der Waals surface area contributed by atoms with Crippen LogP contribution in [0.5, 0.6) is 0 Å². The van der Waals surface area contributed by atoms with E-state index in [1.807, 2.05) is 6.92 Å². The van der Waals surface area contributed by atoms with E-state index in [0.717, 1.165) is 52.2 Å². The zero-order valence-electron chi connectivity index (χ0n) is 13.9. The van der Waals surface area contributed by atoms with Gasteiger partial charge in [-0.3, -0.25) is 4.79 Å². The topological polar surface area (TPSA) is 79.5 Å². The largest absolute Gasteiger partial charge is 0.481 e. The van der Waals surface area contributed by atoms with Crippen molar-refractivity contribution in [3.05, 3.63) is 0 Å². The summed E-state index contributed by atoms with van der Waals surface area (Å²) in [7, 11) is 0. The van der Waals surface area contributed by atoms with Gasteiger partial charge in [0, 0.05) is 26.6 Å². The third kappa shape index (κ3) is 18.9. The molecular weight excluding hydrogens is 270 g/mol. The van der Waals surface area contributed by atoms with E-state index in [-0.39, 0.29) is 12.2 Å². The molecule has 21 heavy (non-hydrogen) atoms. The molecule has 124 valence electrons. The van der Waals surface area contributed by atoms with Crippen molar-refractivity contribution in [1.82, 2.24) is 0 Å². The fourth-order valence-electron chi connectivity index (χ4n) is 1.45. The summed E-state index contributed by atoms with van der Waals surface area (Å²) in [5.74, 6) is -0.789. The number of carbonyl (C=O) groups is 1. The van der Waals surface area contributed by atoms with Gasteiger partial charge in [-0.05, 0) is 19.3 Å². The maximum absolute atomic E-state index is 9.00. The highest BCUT2D eigenvalue weighted by Crippen LogP contribution is 2.14. The summed E-state index contributed by atoms with van der Waals surface area (Å²) in [6.45, 7) is 8.86. The first-order valence-electron chi connectivity index (χ1n) is 7.83. The molecule has 0 aromatic rings. The molecule has 0 rings (SSSR count). The molecule has 0 saturated carbocycles. The van der Waals surface area contributed by atoms with Gasteiger partial charge >= 0.3 is 0 Å². The lowest BCUT2D eigenvalue weighted by atomic mass is 10.0. The van der Waals surface area contributed by atoms with Gasteiger partial charge in [0.15, 0.2) is 6.29 Å². The molecule has 0 bridgehead atoms. The summed E-state index contributed by atoms with van der Waals surface area (Å²) in [6.07, 6.45) is 5.71. The first-order valence-corrected chi connectivity index (χ1v) is 7.83. The normalized spacial score (nSPS) is 11.4. The average molecular weight is 301 g/mol. The first kappa shape index (κ1) is 22.2. The molecule has 0 aliphatic carbocycles. The van der Waals surface area contributed by atoms with Crippen LogP contribution in [0.4, 0.5) is 0 Å². The Labute approximate surface area is 129 Å². The average Bonchev–Trinajstić information content (AvgIpc) is 2.44. The van der Waals surface area contributed by atoms with Crippen LogP contribution < -0.4 is 0 Å². The smallest absolute Gasteiger partial charge is 0.300 e. The molecule has 0 aliphatic heterocycles. The maximum Gasteiger partial charge on any atom is 0.300 e. The summed E-state index contributed by atoms with van der Waals surface area (Å²) in [5.41, 5.74) is 0. The second-order valence-electron chi connectivity index (χ2n) is 4.87. The van der Waals surface area contributed by atoms with Crippen molar-refractivity contribution in [2.75, 3.05) is 13.2 Å². The van der Waals surface area contributed by atoms with E-state index in [1.54, 1.807) is 0 Å². The first-order chi connectivity index (χ1) is 10.0. The van der Waals surface area contributed by atoms with Crippen molar-refractivity contribution in [1.29, 1.82) is 5.26 Å². The Kier molecular flexibility index (Phi) is 17.9. The van der Waals surface area contributed by atoms with Gasteiger partial charge in [0.05, 0.1) is 12.0 Å². The third-order valence-corrected chi connectivity index (χ3v) is 2.76. The fourth-order valence-corrected chi connectivity index (χ4v) is 1.45. The van der Waals surface area contributed by atoms with Gasteiger partial charge in [0.1, 0.15) is 0 Å². The minimum absolute atomic E-state index is 0.0447. The SMILES string of the molecule is CC(=O)O.CCCCOC(CC(C#N)CC)OCCCC. The quantitative estimate of drug-likeness (QED) is 0.461. The number of carboxylic acid groups (broad SMARTS) is 1. The molecule has 0 saturated heterocycles. The van der Waals surface area contributed by atoms with Gasteiger partial charge in [-0.1, -0.05) is 33.6 Å². The molecular formula is C16H31NO4. The van der Waals surface area contributed by atoms with Crippen LogP contribution in [-0.2, 0) is 14.3 Å². The second kappa shape index (κ2) is 16.9. The lowest BCUT2D eigenvalue weighted by Crippen LogP contribution is -2.22. The van der Waals surface area contributed by atoms with Gasteiger partial charge in [0.2, 0.25) is 0 Å². The summed E-state index contributed by atoms with van der Waals surface area (Å²) in [6, 6.07) is 2.30. The van der Waals surface area contributed by atoms with E-state index in [9.17, 15) is 0 Å². The van der Waals surface area contributed by atoms with E-state index < -0.39 is 5.97 Å². The Morgan fingerprint density at radius 3 is 1.86 bits per heavy atom. The van der Waals surface area contributed by atoms with Crippen LogP contribution in [0.25, 0.3) is 0 Å². The maximum atomic E-state index is 9.00. The number of carboxylic acids is 1. The lowest BCUT2D eigenvalue weighted by Gasteiger charge is -2.20. The molecule has 0 radical (unpaired) electrons. The number of unbranched alkanes of at least 4 members (excludes halogenated alkanes) is 2. The van der Waals surface area contributed by atoms with E-state index in [2.05, 4.69) is 19.9 Å². The third-order valence-electron chi connectivity index (χ3n) is 2.76. The zero-order valence-corrected chi connectivity index (χ0v) is 13.9. The Morgan fingerprint density at radius 1 is 1.14 bits per heavy atom. The molecule has 1 N–H and O–H groups in total. The molecule has 5 heteroatoms. The van der Waals surface area contributed by atoms with Crippen LogP contribution >= 0.6 is 0 Å². The Bertz CT molecular complexity index is 262. The van der Waals surface area contributed by atoms with Crippen molar-refractivity contribution in [3.8, 4) is 6.07 Å². The van der Waals surface area contributed by atoms with Crippen molar-refractivity contribution < 1.29 is 19.4 Å². The van der Waals surface area contributed by atoms with Crippen molar-refractivity contribution in [2.45, 2.75) is 72.5 Å². The summed E-state index contributed by atoms with van der Waals surface area (Å²) < 4.78 is 11.4. The molecule has 0 fully saturated rings. The van der Waals surface area contributed by atoms with Crippen LogP contribution in [0, 0.1) is 17.2 Å². The van der Waals surface area contributed by atoms with Gasteiger partial charge in [-0.25, -0.2) is 0 Å². The molecule has 0 aromatic carbocycles. The van der Waals surface area contributed by atoms with Crippen molar-refractivity contribution >= 4 is 5.97 Å².